The summed E-state index contributed by atoms with van der Waals surface area (Å²) in [6.07, 6.45) is 0. The molecule has 0 saturated heterocycles. The van der Waals surface area contributed by atoms with Crippen LogP contribution in [0.25, 0.3) is 0 Å². The monoisotopic (exact) mass is 325 g/mol. The standard InChI is InChI=1S/C13H12ClN3O3S/c1-6(12-17-10(5-21-12)13(19)20)16-11(18)7-2-3-9(15)8(14)4-7/h2-6H,15H2,1H3,(H,16,18)(H,19,20). The number of anilines is 1. The van der Waals surface area contributed by atoms with Crippen LogP contribution in [0.3, 0.4) is 0 Å². The Morgan fingerprint density at radius 2 is 2.19 bits per heavy atom. The highest BCUT2D eigenvalue weighted by molar-refractivity contribution is 7.09. The molecule has 110 valence electrons. The number of nitrogens with one attached hydrogen (secondary N) is 1. The van der Waals surface area contributed by atoms with E-state index >= 15 is 0 Å². The second-order valence-electron chi connectivity index (χ2n) is 4.31. The lowest BCUT2D eigenvalue weighted by molar-refractivity contribution is 0.0691. The number of thiazole rings is 1. The molecule has 21 heavy (non-hydrogen) atoms. The van der Waals surface area contributed by atoms with Gasteiger partial charge in [-0.15, -0.1) is 11.3 Å². The number of nitrogens with two attached hydrogens (primary N) is 1. The molecule has 1 aromatic heterocycles. The molecule has 1 atom stereocenters. The van der Waals surface area contributed by atoms with E-state index in [-0.39, 0.29) is 11.6 Å². The lowest BCUT2D eigenvalue weighted by Gasteiger charge is -2.11. The van der Waals surface area contributed by atoms with Crippen molar-refractivity contribution in [1.82, 2.24) is 10.3 Å². The minimum atomic E-state index is -1.10. The molecule has 1 heterocycles. The maximum absolute atomic E-state index is 12.1. The fourth-order valence-corrected chi connectivity index (χ4v) is 2.58. The van der Waals surface area contributed by atoms with Gasteiger partial charge in [0.2, 0.25) is 0 Å². The van der Waals surface area contributed by atoms with Gasteiger partial charge < -0.3 is 16.2 Å². The number of carboxylic acid groups (broad SMARTS) is 1. The molecule has 1 aromatic carbocycles. The number of nitrogen functional groups attached to an aromatic ring is 1. The van der Waals surface area contributed by atoms with E-state index in [1.54, 1.807) is 19.1 Å². The summed E-state index contributed by atoms with van der Waals surface area (Å²) in [4.78, 5) is 26.8. The molecule has 0 aliphatic heterocycles. The number of aromatic carboxylic acids is 1. The normalized spacial score (nSPS) is 11.9. The number of hydrogen-bond acceptors (Lipinski definition) is 5. The number of nitrogens with zero attached hydrogens (tertiary/aromatic N) is 1. The highest BCUT2D eigenvalue weighted by atomic mass is 35.5. The van der Waals surface area contributed by atoms with E-state index in [9.17, 15) is 9.59 Å². The summed E-state index contributed by atoms with van der Waals surface area (Å²) < 4.78 is 0. The Balaban J connectivity index is 2.10. The average Bonchev–Trinajstić information content (AvgIpc) is 2.91. The second-order valence-corrected chi connectivity index (χ2v) is 5.60. The third-order valence-corrected chi connectivity index (χ3v) is 4.08. The van der Waals surface area contributed by atoms with Crippen LogP contribution in [0.5, 0.6) is 0 Å². The highest BCUT2D eigenvalue weighted by Gasteiger charge is 2.17. The number of carbonyl (C=O) groups is 2. The van der Waals surface area contributed by atoms with Crippen molar-refractivity contribution in [2.45, 2.75) is 13.0 Å². The zero-order valence-corrected chi connectivity index (χ0v) is 12.5. The first-order chi connectivity index (χ1) is 9.88. The molecule has 0 fully saturated rings. The minimum Gasteiger partial charge on any atom is -0.476 e. The SMILES string of the molecule is CC(NC(=O)c1ccc(N)c(Cl)c1)c1nc(C(=O)O)cs1. The van der Waals surface area contributed by atoms with E-state index in [4.69, 9.17) is 22.4 Å². The highest BCUT2D eigenvalue weighted by Crippen LogP contribution is 2.21. The van der Waals surface area contributed by atoms with Crippen LogP contribution < -0.4 is 11.1 Å². The number of carbonyl (C=O) groups excluding carboxylic acids is 1. The van der Waals surface area contributed by atoms with Gasteiger partial charge in [-0.05, 0) is 25.1 Å². The van der Waals surface area contributed by atoms with Crippen LogP contribution in [0.2, 0.25) is 5.02 Å². The summed E-state index contributed by atoms with van der Waals surface area (Å²) in [5, 5.41) is 13.8. The van der Waals surface area contributed by atoms with Gasteiger partial charge >= 0.3 is 5.97 Å². The van der Waals surface area contributed by atoms with Crippen LogP contribution in [0.15, 0.2) is 23.6 Å². The summed E-state index contributed by atoms with van der Waals surface area (Å²) in [7, 11) is 0. The van der Waals surface area contributed by atoms with Crippen LogP contribution in [0.1, 0.15) is 38.8 Å². The third-order valence-electron chi connectivity index (χ3n) is 2.72. The van der Waals surface area contributed by atoms with Gasteiger partial charge in [0.1, 0.15) is 5.01 Å². The van der Waals surface area contributed by atoms with Crippen molar-refractivity contribution < 1.29 is 14.7 Å². The number of amides is 1. The van der Waals surface area contributed by atoms with Gasteiger partial charge in [0.05, 0.1) is 16.8 Å². The molecule has 0 bridgehead atoms. The van der Waals surface area contributed by atoms with E-state index in [1.807, 2.05) is 0 Å². The van der Waals surface area contributed by atoms with Crippen LogP contribution >= 0.6 is 22.9 Å². The molecule has 1 amide bonds. The van der Waals surface area contributed by atoms with E-state index < -0.39 is 12.0 Å². The number of halogens is 1. The number of hydrogen-bond donors (Lipinski definition) is 3. The Bertz CT molecular complexity index is 702. The van der Waals surface area contributed by atoms with Gasteiger partial charge in [0, 0.05) is 10.9 Å². The third kappa shape index (κ3) is 3.50. The maximum Gasteiger partial charge on any atom is 0.355 e. The van der Waals surface area contributed by atoms with Crippen LogP contribution in [0.4, 0.5) is 5.69 Å². The molecule has 0 saturated carbocycles. The van der Waals surface area contributed by atoms with Gasteiger partial charge in [-0.25, -0.2) is 9.78 Å². The zero-order valence-electron chi connectivity index (χ0n) is 11.0. The molecule has 1 unspecified atom stereocenters. The van der Waals surface area contributed by atoms with Crippen molar-refractivity contribution >= 4 is 40.5 Å². The van der Waals surface area contributed by atoms with Crippen molar-refractivity contribution in [3.63, 3.8) is 0 Å². The Morgan fingerprint density at radius 3 is 2.76 bits per heavy atom. The van der Waals surface area contributed by atoms with Crippen molar-refractivity contribution in [3.05, 3.63) is 44.9 Å². The quantitative estimate of drug-likeness (QED) is 0.749. The fraction of sp³-hybridized carbons (Fsp3) is 0.154. The number of rotatable bonds is 4. The van der Waals surface area contributed by atoms with E-state index in [1.165, 1.54) is 22.8 Å². The van der Waals surface area contributed by atoms with Crippen molar-refractivity contribution in [1.29, 1.82) is 0 Å². The average molecular weight is 326 g/mol. The molecule has 0 aliphatic rings. The topological polar surface area (TPSA) is 105 Å². The largest absolute Gasteiger partial charge is 0.476 e. The van der Waals surface area contributed by atoms with Crippen LogP contribution in [0, 0.1) is 0 Å². The minimum absolute atomic E-state index is 0.0355. The maximum atomic E-state index is 12.1. The molecular weight excluding hydrogens is 314 g/mol. The lowest BCUT2D eigenvalue weighted by atomic mass is 10.2. The second kappa shape index (κ2) is 6.11. The van der Waals surface area contributed by atoms with Gasteiger partial charge in [-0.3, -0.25) is 4.79 Å². The summed E-state index contributed by atoms with van der Waals surface area (Å²) in [6, 6.07) is 4.18. The van der Waals surface area contributed by atoms with E-state index in [0.717, 1.165) is 0 Å². The van der Waals surface area contributed by atoms with Crippen molar-refractivity contribution in [2.24, 2.45) is 0 Å². The summed E-state index contributed by atoms with van der Waals surface area (Å²) in [6.45, 7) is 1.72. The predicted octanol–water partition coefficient (Wildman–Crippen LogP) is 2.57. The summed E-state index contributed by atoms with van der Waals surface area (Å²) in [5.74, 6) is -1.43. The first kappa shape index (κ1) is 15.3. The Kier molecular flexibility index (Phi) is 4.44. The first-order valence-corrected chi connectivity index (χ1v) is 7.19. The predicted molar refractivity (Wildman–Crippen MR) is 80.8 cm³/mol. The molecule has 0 aliphatic carbocycles. The van der Waals surface area contributed by atoms with Gasteiger partial charge in [0.25, 0.3) is 5.91 Å². The molecule has 4 N–H and O–H groups in total. The zero-order chi connectivity index (χ0) is 15.6. The molecular formula is C13H12ClN3O3S. The van der Waals surface area contributed by atoms with Gasteiger partial charge in [0.15, 0.2) is 5.69 Å². The Labute approximate surface area is 129 Å². The van der Waals surface area contributed by atoms with Crippen LogP contribution in [-0.2, 0) is 0 Å². The smallest absolute Gasteiger partial charge is 0.355 e. The lowest BCUT2D eigenvalue weighted by Crippen LogP contribution is -2.26. The molecule has 0 radical (unpaired) electrons. The molecule has 0 spiro atoms. The van der Waals surface area contributed by atoms with E-state index in [0.29, 0.717) is 21.3 Å². The van der Waals surface area contributed by atoms with E-state index in [2.05, 4.69) is 10.3 Å². The molecule has 2 rings (SSSR count). The molecule has 2 aromatic rings. The van der Waals surface area contributed by atoms with Gasteiger partial charge in [-0.2, -0.15) is 0 Å². The number of aromatic nitrogens is 1. The number of benzene rings is 1. The fourth-order valence-electron chi connectivity index (χ4n) is 1.59. The Hall–Kier alpha value is -2.12. The first-order valence-electron chi connectivity index (χ1n) is 5.93. The summed E-state index contributed by atoms with van der Waals surface area (Å²) >= 11 is 7.05. The Morgan fingerprint density at radius 1 is 1.48 bits per heavy atom. The van der Waals surface area contributed by atoms with Crippen molar-refractivity contribution in [2.75, 3.05) is 5.73 Å². The van der Waals surface area contributed by atoms with Gasteiger partial charge in [-0.1, -0.05) is 11.6 Å². The van der Waals surface area contributed by atoms with Crippen LogP contribution in [-0.4, -0.2) is 22.0 Å². The molecule has 8 heteroatoms. The summed E-state index contributed by atoms with van der Waals surface area (Å²) in [5.41, 5.74) is 6.32. The number of carboxylic acids is 1. The van der Waals surface area contributed by atoms with Crippen molar-refractivity contribution in [3.8, 4) is 0 Å². The molecule has 6 nitrogen and oxygen atoms in total.